The molecule has 0 unspecified atom stereocenters. The third-order valence-electron chi connectivity index (χ3n) is 8.91. The first kappa shape index (κ1) is 25.6. The third kappa shape index (κ3) is 4.04. The summed E-state index contributed by atoms with van der Waals surface area (Å²) in [5.74, 6) is 0. The summed E-state index contributed by atoms with van der Waals surface area (Å²) in [6.07, 6.45) is 7.17. The van der Waals surface area contributed by atoms with Gasteiger partial charge in [0.15, 0.2) is 0 Å². The maximum Gasteiger partial charge on any atom is 0.0677 e. The van der Waals surface area contributed by atoms with E-state index in [1.54, 1.807) is 0 Å². The van der Waals surface area contributed by atoms with Crippen molar-refractivity contribution in [3.05, 3.63) is 108 Å². The molecule has 0 aliphatic carbocycles. The summed E-state index contributed by atoms with van der Waals surface area (Å²) in [5.41, 5.74) is 6.96. The standard InChI is InChI=1S/C37H40N2/c1-34(2,23-30-36(5,6)31-26-15-11-9-13-24(26)17-19-28(31)38-30)21-22-35(3,4)33-37(7,8)32-27-16-12-10-14-25(27)18-20-29(32)39-33/h9-23,38H,1-8H3/b22-21+,30-23-. The number of benzene rings is 4. The van der Waals surface area contributed by atoms with E-state index in [2.05, 4.69) is 152 Å². The van der Waals surface area contributed by atoms with Crippen molar-refractivity contribution >= 4 is 38.6 Å². The highest BCUT2D eigenvalue weighted by atomic mass is 15.0. The maximum absolute atomic E-state index is 5.25. The number of aliphatic imine (C=N–C) groups is 1. The van der Waals surface area contributed by atoms with Crippen LogP contribution in [0.4, 0.5) is 11.4 Å². The molecule has 0 spiro atoms. The van der Waals surface area contributed by atoms with E-state index >= 15 is 0 Å². The smallest absolute Gasteiger partial charge is 0.0677 e. The summed E-state index contributed by atoms with van der Waals surface area (Å²) in [6.45, 7) is 18.6. The Balaban J connectivity index is 1.32. The van der Waals surface area contributed by atoms with Crippen LogP contribution in [-0.4, -0.2) is 5.71 Å². The molecule has 2 heterocycles. The van der Waals surface area contributed by atoms with Gasteiger partial charge in [-0.1, -0.05) is 134 Å². The number of allylic oxidation sites excluding steroid dienone is 4. The summed E-state index contributed by atoms with van der Waals surface area (Å²) >= 11 is 0. The Hall–Kier alpha value is -3.65. The van der Waals surface area contributed by atoms with Gasteiger partial charge < -0.3 is 5.32 Å². The van der Waals surface area contributed by atoms with Gasteiger partial charge in [-0.3, -0.25) is 4.99 Å². The fraction of sp³-hybridized carbons (Fsp3) is 0.324. The number of hydrogen-bond acceptors (Lipinski definition) is 2. The van der Waals surface area contributed by atoms with Crippen LogP contribution in [-0.2, 0) is 10.8 Å². The van der Waals surface area contributed by atoms with Crippen molar-refractivity contribution in [1.29, 1.82) is 0 Å². The summed E-state index contributed by atoms with van der Waals surface area (Å²) in [4.78, 5) is 5.25. The van der Waals surface area contributed by atoms with Gasteiger partial charge >= 0.3 is 0 Å². The monoisotopic (exact) mass is 512 g/mol. The van der Waals surface area contributed by atoms with Crippen molar-refractivity contribution in [1.82, 2.24) is 0 Å². The molecule has 2 heteroatoms. The van der Waals surface area contributed by atoms with Crippen LogP contribution in [0.5, 0.6) is 0 Å². The molecule has 4 aromatic rings. The largest absolute Gasteiger partial charge is 0.358 e. The Kier molecular flexibility index (Phi) is 5.53. The van der Waals surface area contributed by atoms with Crippen LogP contribution < -0.4 is 5.32 Å². The van der Waals surface area contributed by atoms with Crippen LogP contribution in [0, 0.1) is 10.8 Å². The van der Waals surface area contributed by atoms with Gasteiger partial charge in [-0.15, -0.1) is 0 Å². The lowest BCUT2D eigenvalue weighted by molar-refractivity contribution is 0.560. The Morgan fingerprint density at radius 3 is 1.92 bits per heavy atom. The van der Waals surface area contributed by atoms with Crippen LogP contribution in [0.15, 0.2) is 102 Å². The zero-order valence-electron chi connectivity index (χ0n) is 24.6. The molecular weight excluding hydrogens is 472 g/mol. The normalized spacial score (nSPS) is 19.0. The molecule has 0 atom stereocenters. The van der Waals surface area contributed by atoms with E-state index in [1.807, 2.05) is 0 Å². The predicted molar refractivity (Wildman–Crippen MR) is 169 cm³/mol. The quantitative estimate of drug-likeness (QED) is 0.270. The number of fused-ring (bicyclic) bond motifs is 6. The first-order chi connectivity index (χ1) is 18.3. The maximum atomic E-state index is 5.25. The molecule has 0 saturated heterocycles. The van der Waals surface area contributed by atoms with Crippen LogP contribution in [0.1, 0.15) is 66.5 Å². The second kappa shape index (κ2) is 8.42. The van der Waals surface area contributed by atoms with E-state index in [0.29, 0.717) is 0 Å². The van der Waals surface area contributed by atoms with Gasteiger partial charge in [0.25, 0.3) is 0 Å². The molecule has 4 aromatic carbocycles. The highest BCUT2D eigenvalue weighted by Crippen LogP contribution is 2.50. The van der Waals surface area contributed by atoms with E-state index in [4.69, 9.17) is 4.99 Å². The fourth-order valence-corrected chi connectivity index (χ4v) is 6.96. The van der Waals surface area contributed by atoms with Crippen LogP contribution >= 0.6 is 0 Å². The molecule has 0 radical (unpaired) electrons. The van der Waals surface area contributed by atoms with Gasteiger partial charge in [0.05, 0.1) is 5.69 Å². The summed E-state index contributed by atoms with van der Waals surface area (Å²) in [7, 11) is 0. The average molecular weight is 513 g/mol. The number of nitrogens with one attached hydrogen (secondary N) is 1. The first-order valence-electron chi connectivity index (χ1n) is 14.2. The molecule has 0 amide bonds. The molecule has 6 rings (SSSR count). The molecule has 2 aliphatic rings. The Morgan fingerprint density at radius 1 is 0.667 bits per heavy atom. The van der Waals surface area contributed by atoms with Gasteiger partial charge in [-0.25, -0.2) is 0 Å². The molecule has 1 N–H and O–H groups in total. The SMILES string of the molecule is CC(C)(/C=C1\Nc2ccc3ccccc3c2C1(C)C)/C=C/C(C)(C)C1=Nc2ccc3ccccc3c2C1(C)C. The molecule has 2 aliphatic heterocycles. The second-order valence-electron chi connectivity index (χ2n) is 13.7. The molecule has 0 aromatic heterocycles. The molecule has 0 bridgehead atoms. The lowest BCUT2D eigenvalue weighted by atomic mass is 9.69. The van der Waals surface area contributed by atoms with E-state index in [1.165, 1.54) is 49.8 Å². The lowest BCUT2D eigenvalue weighted by Gasteiger charge is -2.33. The van der Waals surface area contributed by atoms with Gasteiger partial charge in [0.2, 0.25) is 0 Å². The van der Waals surface area contributed by atoms with Gasteiger partial charge in [0, 0.05) is 38.8 Å². The zero-order chi connectivity index (χ0) is 27.8. The lowest BCUT2D eigenvalue weighted by Crippen LogP contribution is -2.36. The molecule has 39 heavy (non-hydrogen) atoms. The van der Waals surface area contributed by atoms with E-state index in [0.717, 1.165) is 5.69 Å². The minimum Gasteiger partial charge on any atom is -0.358 e. The van der Waals surface area contributed by atoms with E-state index in [-0.39, 0.29) is 21.7 Å². The minimum atomic E-state index is -0.197. The number of nitrogens with zero attached hydrogens (tertiary/aromatic N) is 1. The van der Waals surface area contributed by atoms with Gasteiger partial charge in [-0.05, 0) is 44.8 Å². The van der Waals surface area contributed by atoms with Gasteiger partial charge in [0.1, 0.15) is 0 Å². The molecular formula is C37H40N2. The topological polar surface area (TPSA) is 24.4 Å². The average Bonchev–Trinajstić information content (AvgIpc) is 3.32. The van der Waals surface area contributed by atoms with Crippen molar-refractivity contribution in [2.24, 2.45) is 15.8 Å². The second-order valence-corrected chi connectivity index (χ2v) is 13.7. The van der Waals surface area contributed by atoms with Crippen molar-refractivity contribution in [3.63, 3.8) is 0 Å². The summed E-state index contributed by atoms with van der Waals surface area (Å²) in [5, 5.41) is 8.99. The minimum absolute atomic E-state index is 0.100. The zero-order valence-corrected chi connectivity index (χ0v) is 24.6. The summed E-state index contributed by atoms with van der Waals surface area (Å²) in [6, 6.07) is 26.2. The Bertz CT molecular complexity index is 1720. The molecule has 2 nitrogen and oxygen atoms in total. The van der Waals surface area contributed by atoms with E-state index in [9.17, 15) is 0 Å². The Morgan fingerprint density at radius 2 is 1.26 bits per heavy atom. The first-order valence-corrected chi connectivity index (χ1v) is 14.2. The van der Waals surface area contributed by atoms with Crippen LogP contribution in [0.2, 0.25) is 0 Å². The van der Waals surface area contributed by atoms with Gasteiger partial charge in [-0.2, -0.15) is 0 Å². The summed E-state index contributed by atoms with van der Waals surface area (Å²) < 4.78 is 0. The fourth-order valence-electron chi connectivity index (χ4n) is 6.96. The van der Waals surface area contributed by atoms with Crippen molar-refractivity contribution in [2.75, 3.05) is 5.32 Å². The van der Waals surface area contributed by atoms with Crippen LogP contribution in [0.3, 0.4) is 0 Å². The number of anilines is 1. The predicted octanol–water partition coefficient (Wildman–Crippen LogP) is 10.3. The highest BCUT2D eigenvalue weighted by Gasteiger charge is 2.43. The molecule has 0 saturated carbocycles. The highest BCUT2D eigenvalue weighted by molar-refractivity contribution is 6.10. The molecule has 198 valence electrons. The van der Waals surface area contributed by atoms with E-state index < -0.39 is 0 Å². The molecule has 0 fully saturated rings. The van der Waals surface area contributed by atoms with Crippen molar-refractivity contribution in [2.45, 2.75) is 66.2 Å². The Labute approximate surface area is 233 Å². The number of rotatable bonds is 4. The van der Waals surface area contributed by atoms with Crippen molar-refractivity contribution in [3.8, 4) is 0 Å². The van der Waals surface area contributed by atoms with Crippen LogP contribution in [0.25, 0.3) is 21.5 Å². The number of hydrogen-bond donors (Lipinski definition) is 1. The van der Waals surface area contributed by atoms with Crippen molar-refractivity contribution < 1.29 is 0 Å². The third-order valence-corrected chi connectivity index (χ3v) is 8.91.